The van der Waals surface area contributed by atoms with Crippen molar-refractivity contribution in [3.05, 3.63) is 41.1 Å². The van der Waals surface area contributed by atoms with Crippen molar-refractivity contribution in [2.24, 2.45) is 0 Å². The molecule has 1 aromatic heterocycles. The highest BCUT2D eigenvalue weighted by atomic mass is 16.5. The molecule has 128 valence electrons. The first-order chi connectivity index (χ1) is 11.9. The summed E-state index contributed by atoms with van der Waals surface area (Å²) in [6, 6.07) is 9.87. The molecule has 0 saturated heterocycles. The van der Waals surface area contributed by atoms with Crippen molar-refractivity contribution < 1.29 is 9.53 Å². The largest absolute Gasteiger partial charge is 0.467 e. The summed E-state index contributed by atoms with van der Waals surface area (Å²) in [6.45, 7) is 4.21. The van der Waals surface area contributed by atoms with E-state index in [4.69, 9.17) is 10.5 Å². The van der Waals surface area contributed by atoms with Crippen molar-refractivity contribution in [2.75, 3.05) is 24.3 Å². The highest BCUT2D eigenvalue weighted by molar-refractivity contribution is 6.10. The molecule has 0 fully saturated rings. The molecule has 2 heterocycles. The molecule has 1 aliphatic rings. The van der Waals surface area contributed by atoms with Gasteiger partial charge in [-0.05, 0) is 31.5 Å². The number of benzene rings is 1. The Morgan fingerprint density at radius 3 is 2.56 bits per heavy atom. The molecular weight excluding hydrogens is 318 g/mol. The Labute approximate surface area is 146 Å². The number of fused-ring (bicyclic) bond motifs is 1. The molecule has 2 N–H and O–H groups in total. The first-order valence-electron chi connectivity index (χ1n) is 7.91. The van der Waals surface area contributed by atoms with E-state index < -0.39 is 5.41 Å². The van der Waals surface area contributed by atoms with E-state index in [1.165, 1.54) is 7.11 Å². The highest BCUT2D eigenvalue weighted by Crippen LogP contribution is 2.29. The number of nitrogens with two attached hydrogens (primary N) is 1. The monoisotopic (exact) mass is 337 g/mol. The maximum atomic E-state index is 12.8. The van der Waals surface area contributed by atoms with Crippen LogP contribution in [0, 0.1) is 11.3 Å². The molecule has 1 amide bonds. The van der Waals surface area contributed by atoms with Gasteiger partial charge in [0.25, 0.3) is 5.91 Å². The Morgan fingerprint density at radius 1 is 1.28 bits per heavy atom. The Kier molecular flexibility index (Phi) is 4.05. The van der Waals surface area contributed by atoms with E-state index in [9.17, 15) is 10.1 Å². The van der Waals surface area contributed by atoms with Crippen molar-refractivity contribution in [1.82, 2.24) is 9.97 Å². The molecule has 0 aliphatic carbocycles. The van der Waals surface area contributed by atoms with E-state index in [2.05, 4.69) is 16.0 Å². The summed E-state index contributed by atoms with van der Waals surface area (Å²) in [4.78, 5) is 22.7. The fourth-order valence-corrected chi connectivity index (χ4v) is 2.83. The number of anilines is 2. The van der Waals surface area contributed by atoms with Crippen LogP contribution in [0.2, 0.25) is 0 Å². The Bertz CT molecular complexity index is 868. The minimum atomic E-state index is -0.578. The van der Waals surface area contributed by atoms with Crippen LogP contribution in [-0.2, 0) is 11.8 Å². The lowest BCUT2D eigenvalue weighted by molar-refractivity contribution is 0.0980. The molecule has 0 saturated carbocycles. The van der Waals surface area contributed by atoms with Crippen molar-refractivity contribution in [3.63, 3.8) is 0 Å². The number of rotatable bonds is 3. The average Bonchev–Trinajstić information content (AvgIpc) is 2.61. The normalized spacial score (nSPS) is 14.0. The summed E-state index contributed by atoms with van der Waals surface area (Å²) in [5, 5.41) is 9.24. The van der Waals surface area contributed by atoms with E-state index in [-0.39, 0.29) is 17.7 Å². The number of nitriles is 1. The molecule has 2 aromatic rings. The highest BCUT2D eigenvalue weighted by Gasteiger charge is 2.30. The zero-order valence-corrected chi connectivity index (χ0v) is 14.4. The van der Waals surface area contributed by atoms with Crippen LogP contribution >= 0.6 is 0 Å². The van der Waals surface area contributed by atoms with Gasteiger partial charge < -0.3 is 15.4 Å². The third kappa shape index (κ3) is 2.87. The fraction of sp³-hybridized carbons (Fsp3) is 0.333. The number of aromatic nitrogens is 2. The standard InChI is InChI=1S/C18H19N5O2/c1-18(2,10-19)11-4-6-12(7-5-11)23-9-8-13-14(16(23)24)15(20)22-17(21-13)25-3/h4-7H,8-9H2,1-3H3,(H2,20,21,22). The smallest absolute Gasteiger partial charge is 0.318 e. The molecule has 0 radical (unpaired) electrons. The number of hydrogen-bond donors (Lipinski definition) is 1. The van der Waals surface area contributed by atoms with Crippen LogP contribution in [-0.4, -0.2) is 29.5 Å². The Hall–Kier alpha value is -3.14. The molecule has 0 bridgehead atoms. The topological polar surface area (TPSA) is 105 Å². The summed E-state index contributed by atoms with van der Waals surface area (Å²) in [7, 11) is 1.46. The Balaban J connectivity index is 1.94. The van der Waals surface area contributed by atoms with Crippen LogP contribution in [0.1, 0.15) is 35.5 Å². The predicted octanol–water partition coefficient (Wildman–Crippen LogP) is 2.07. The summed E-state index contributed by atoms with van der Waals surface area (Å²) in [5.74, 6) is -0.104. The summed E-state index contributed by atoms with van der Waals surface area (Å²) >= 11 is 0. The lowest BCUT2D eigenvalue weighted by atomic mass is 9.86. The minimum absolute atomic E-state index is 0.124. The van der Waals surface area contributed by atoms with Gasteiger partial charge >= 0.3 is 6.01 Å². The fourth-order valence-electron chi connectivity index (χ4n) is 2.83. The number of amides is 1. The number of nitrogens with zero attached hydrogens (tertiary/aromatic N) is 4. The van der Waals surface area contributed by atoms with E-state index in [1.807, 2.05) is 38.1 Å². The van der Waals surface area contributed by atoms with Crippen LogP contribution in [0.5, 0.6) is 6.01 Å². The van der Waals surface area contributed by atoms with Gasteiger partial charge in [-0.25, -0.2) is 0 Å². The quantitative estimate of drug-likeness (QED) is 0.919. The van der Waals surface area contributed by atoms with E-state index in [0.717, 1.165) is 11.3 Å². The minimum Gasteiger partial charge on any atom is -0.467 e. The molecule has 1 aliphatic heterocycles. The third-order valence-electron chi connectivity index (χ3n) is 4.39. The first kappa shape index (κ1) is 16.7. The predicted molar refractivity (Wildman–Crippen MR) is 93.5 cm³/mol. The number of ether oxygens (including phenoxy) is 1. The van der Waals surface area contributed by atoms with Crippen LogP contribution < -0.4 is 15.4 Å². The van der Waals surface area contributed by atoms with Gasteiger partial charge in [0.1, 0.15) is 11.4 Å². The lowest BCUT2D eigenvalue weighted by Crippen LogP contribution is -2.39. The molecule has 0 atom stereocenters. The van der Waals surface area contributed by atoms with Gasteiger partial charge in [0.2, 0.25) is 0 Å². The first-order valence-corrected chi connectivity index (χ1v) is 7.91. The molecule has 3 rings (SSSR count). The number of hydrogen-bond acceptors (Lipinski definition) is 6. The van der Waals surface area contributed by atoms with E-state index in [1.54, 1.807) is 4.90 Å². The van der Waals surface area contributed by atoms with Gasteiger partial charge in [-0.15, -0.1) is 0 Å². The third-order valence-corrected chi connectivity index (χ3v) is 4.39. The van der Waals surface area contributed by atoms with Crippen molar-refractivity contribution in [2.45, 2.75) is 25.7 Å². The number of carbonyl (C=O) groups is 1. The van der Waals surface area contributed by atoms with Crippen LogP contribution in [0.4, 0.5) is 11.5 Å². The van der Waals surface area contributed by atoms with Gasteiger partial charge in [0.15, 0.2) is 0 Å². The van der Waals surface area contributed by atoms with Crippen LogP contribution in [0.3, 0.4) is 0 Å². The maximum absolute atomic E-state index is 12.8. The molecule has 7 nitrogen and oxygen atoms in total. The van der Waals surface area contributed by atoms with Crippen LogP contribution in [0.25, 0.3) is 0 Å². The van der Waals surface area contributed by atoms with E-state index in [0.29, 0.717) is 24.2 Å². The molecule has 0 unspecified atom stereocenters. The lowest BCUT2D eigenvalue weighted by Gasteiger charge is -2.29. The molecule has 25 heavy (non-hydrogen) atoms. The summed E-state index contributed by atoms with van der Waals surface area (Å²) in [5.41, 5.74) is 7.94. The second-order valence-corrected chi connectivity index (χ2v) is 6.41. The number of nitrogen functional groups attached to an aromatic ring is 1. The van der Waals surface area contributed by atoms with Crippen molar-refractivity contribution in [1.29, 1.82) is 5.26 Å². The van der Waals surface area contributed by atoms with Gasteiger partial charge in [0.05, 0.1) is 24.3 Å². The van der Waals surface area contributed by atoms with Gasteiger partial charge in [0, 0.05) is 18.7 Å². The number of carbonyl (C=O) groups excluding carboxylic acids is 1. The van der Waals surface area contributed by atoms with Gasteiger partial charge in [-0.2, -0.15) is 15.2 Å². The molecule has 1 aromatic carbocycles. The SMILES string of the molecule is COc1nc(N)c2c(n1)CCN(c1ccc(C(C)(C)C#N)cc1)C2=O. The van der Waals surface area contributed by atoms with Gasteiger partial charge in [-0.1, -0.05) is 12.1 Å². The molecule has 7 heteroatoms. The van der Waals surface area contributed by atoms with Crippen molar-refractivity contribution in [3.8, 4) is 12.1 Å². The van der Waals surface area contributed by atoms with E-state index >= 15 is 0 Å². The van der Waals surface area contributed by atoms with Crippen molar-refractivity contribution >= 4 is 17.4 Å². The maximum Gasteiger partial charge on any atom is 0.318 e. The zero-order chi connectivity index (χ0) is 18.2. The summed E-state index contributed by atoms with van der Waals surface area (Å²) in [6.07, 6.45) is 0.565. The second kappa shape index (κ2) is 6.06. The molecular formula is C18H19N5O2. The average molecular weight is 337 g/mol. The second-order valence-electron chi connectivity index (χ2n) is 6.41. The van der Waals surface area contributed by atoms with Gasteiger partial charge in [-0.3, -0.25) is 4.79 Å². The number of methoxy groups -OCH3 is 1. The van der Waals surface area contributed by atoms with Crippen LogP contribution in [0.15, 0.2) is 24.3 Å². The Morgan fingerprint density at radius 2 is 1.96 bits per heavy atom. The zero-order valence-electron chi connectivity index (χ0n) is 14.4. The summed E-state index contributed by atoms with van der Waals surface area (Å²) < 4.78 is 5.01. The molecule has 0 spiro atoms.